The van der Waals surface area contributed by atoms with Crippen LogP contribution < -0.4 is 5.73 Å². The number of benzene rings is 1. The van der Waals surface area contributed by atoms with E-state index in [2.05, 4.69) is 18.0 Å². The van der Waals surface area contributed by atoms with Crippen molar-refractivity contribution in [1.29, 1.82) is 0 Å². The Morgan fingerprint density at radius 3 is 2.00 bits per heavy atom. The average molecular weight is 296 g/mol. The molecule has 0 spiro atoms. The molecule has 0 aromatic heterocycles. The predicted molar refractivity (Wildman–Crippen MR) is 84.3 cm³/mol. The van der Waals surface area contributed by atoms with E-state index in [1.807, 2.05) is 37.3 Å². The van der Waals surface area contributed by atoms with Gasteiger partial charge in [0.25, 0.3) is 10.3 Å². The Morgan fingerprint density at radius 2 is 1.67 bits per heavy atom. The summed E-state index contributed by atoms with van der Waals surface area (Å²) in [6, 6.07) is 9.95. The zero-order valence-electron chi connectivity index (χ0n) is 9.54. The van der Waals surface area contributed by atoms with E-state index in [1.165, 1.54) is 0 Å². The molecule has 4 nitrogen and oxygen atoms in total. The van der Waals surface area contributed by atoms with E-state index in [-0.39, 0.29) is 34.7 Å². The van der Waals surface area contributed by atoms with Gasteiger partial charge < -0.3 is 20.8 Å². The molecule has 1 aromatic rings. The van der Waals surface area contributed by atoms with E-state index in [9.17, 15) is 0 Å². The molecule has 0 amide bonds. The summed E-state index contributed by atoms with van der Waals surface area (Å²) in [5.41, 5.74) is 5.55. The first kappa shape index (κ1) is 19.9. The van der Waals surface area contributed by atoms with Crippen LogP contribution in [-0.2, 0) is 6.54 Å². The Morgan fingerprint density at radius 1 is 1.22 bits per heavy atom. The van der Waals surface area contributed by atoms with E-state index in [0.717, 1.165) is 12.1 Å². The molecular formula is C11H17N2NaO2S2. The van der Waals surface area contributed by atoms with Gasteiger partial charge in [-0.3, -0.25) is 0 Å². The molecule has 0 heterocycles. The number of aliphatic hydroxyl groups excluding tert-OH is 2. The predicted octanol–water partition coefficient (Wildman–Crippen LogP) is 1.49. The molecule has 18 heavy (non-hydrogen) atoms. The van der Waals surface area contributed by atoms with Crippen LogP contribution in [0.4, 0.5) is 0 Å². The molecule has 7 heteroatoms. The molecule has 0 saturated carbocycles. The van der Waals surface area contributed by atoms with Gasteiger partial charge in [0.1, 0.15) is 0 Å². The molecule has 4 N–H and O–H groups in total. The second kappa shape index (κ2) is 11.7. The third kappa shape index (κ3) is 10.7. The summed E-state index contributed by atoms with van der Waals surface area (Å²) in [4.78, 5) is 1.74. The molecule has 0 atom stereocenters. The SMILES string of the molecule is CCN(Cc1ccccc1)C(O)=S.NC(O)=S.[NaH]. The minimum absolute atomic E-state index is 0. The van der Waals surface area contributed by atoms with Crippen LogP contribution in [0.25, 0.3) is 0 Å². The number of nitrogens with zero attached hydrogens (tertiary/aromatic N) is 1. The van der Waals surface area contributed by atoms with Crippen LogP contribution in [0, 0.1) is 0 Å². The second-order valence-corrected chi connectivity index (χ2v) is 3.90. The monoisotopic (exact) mass is 296 g/mol. The van der Waals surface area contributed by atoms with Gasteiger partial charge in [0.05, 0.1) is 0 Å². The molecule has 1 aromatic carbocycles. The van der Waals surface area contributed by atoms with Crippen LogP contribution in [0.1, 0.15) is 12.5 Å². The van der Waals surface area contributed by atoms with Gasteiger partial charge in [-0.1, -0.05) is 30.3 Å². The molecule has 1 rings (SSSR count). The number of aliphatic hydroxyl groups is 2. The zero-order chi connectivity index (χ0) is 13.3. The molecule has 0 saturated heterocycles. The molecule has 0 bridgehead atoms. The van der Waals surface area contributed by atoms with Gasteiger partial charge in [0.15, 0.2) is 0 Å². The van der Waals surface area contributed by atoms with Gasteiger partial charge in [-0.2, -0.15) is 0 Å². The number of thiocarbonyl (C=S) groups is 2. The fraction of sp³-hybridized carbons (Fsp3) is 0.273. The van der Waals surface area contributed by atoms with Crippen molar-refractivity contribution in [3.05, 3.63) is 35.9 Å². The fourth-order valence-electron chi connectivity index (χ4n) is 1.12. The molecule has 0 unspecified atom stereocenters. The van der Waals surface area contributed by atoms with Crippen molar-refractivity contribution in [2.24, 2.45) is 5.73 Å². The van der Waals surface area contributed by atoms with E-state index >= 15 is 0 Å². The first-order valence-electron chi connectivity index (χ1n) is 4.97. The van der Waals surface area contributed by atoms with Crippen LogP contribution in [0.15, 0.2) is 30.3 Å². The van der Waals surface area contributed by atoms with Crippen LogP contribution in [0.3, 0.4) is 0 Å². The summed E-state index contributed by atoms with van der Waals surface area (Å²) >= 11 is 8.57. The van der Waals surface area contributed by atoms with Crippen LogP contribution in [0.5, 0.6) is 0 Å². The zero-order valence-corrected chi connectivity index (χ0v) is 11.2. The summed E-state index contributed by atoms with van der Waals surface area (Å²) in [6.45, 7) is 3.36. The molecule has 0 radical (unpaired) electrons. The standard InChI is InChI=1S/C10H13NOS.CH3NOS.Na.H/c1-2-11(10(12)13)8-9-6-4-3-5-7-9;2-1(3)4;;/h3-7H,2,8H2,1H3,(H,12,13);(H3,2,3,4);;. The maximum absolute atomic E-state index is 9.13. The summed E-state index contributed by atoms with van der Waals surface area (Å²) in [5, 5.41) is 16.2. The number of hydrogen-bond acceptors (Lipinski definition) is 2. The molecule has 96 valence electrons. The summed E-state index contributed by atoms with van der Waals surface area (Å²) in [5.74, 6) is 0. The molecule has 0 aliphatic rings. The average Bonchev–Trinajstić information content (AvgIpc) is 2.26. The Hall–Kier alpha value is -0.400. The Bertz CT molecular complexity index is 359. The van der Waals surface area contributed by atoms with Crippen molar-refractivity contribution in [2.75, 3.05) is 6.54 Å². The van der Waals surface area contributed by atoms with Crippen molar-refractivity contribution in [2.45, 2.75) is 13.5 Å². The maximum atomic E-state index is 9.13. The van der Waals surface area contributed by atoms with Gasteiger partial charge in [-0.05, 0) is 36.9 Å². The first-order valence-corrected chi connectivity index (χ1v) is 5.79. The first-order chi connectivity index (χ1) is 7.97. The summed E-state index contributed by atoms with van der Waals surface area (Å²) in [6.07, 6.45) is 0. The fourth-order valence-corrected chi connectivity index (χ4v) is 1.31. The van der Waals surface area contributed by atoms with Crippen molar-refractivity contribution < 1.29 is 10.2 Å². The normalized spacial score (nSPS) is 8.28. The Labute approximate surface area is 140 Å². The van der Waals surface area contributed by atoms with Crippen molar-refractivity contribution in [3.8, 4) is 0 Å². The van der Waals surface area contributed by atoms with E-state index in [1.54, 1.807) is 4.90 Å². The summed E-state index contributed by atoms with van der Waals surface area (Å²) in [7, 11) is 0. The van der Waals surface area contributed by atoms with Crippen LogP contribution in [-0.4, -0.2) is 61.6 Å². The summed E-state index contributed by atoms with van der Waals surface area (Å²) < 4.78 is 0. The van der Waals surface area contributed by atoms with E-state index in [0.29, 0.717) is 6.54 Å². The van der Waals surface area contributed by atoms with E-state index in [4.69, 9.17) is 22.4 Å². The quantitative estimate of drug-likeness (QED) is 0.580. The number of rotatable bonds is 3. The molecule has 0 aliphatic carbocycles. The Balaban J connectivity index is 0. The van der Waals surface area contributed by atoms with Gasteiger partial charge in [0, 0.05) is 13.1 Å². The topological polar surface area (TPSA) is 69.7 Å². The molecular weight excluding hydrogens is 279 g/mol. The van der Waals surface area contributed by atoms with E-state index < -0.39 is 5.17 Å². The third-order valence-electron chi connectivity index (χ3n) is 1.87. The van der Waals surface area contributed by atoms with Crippen molar-refractivity contribution >= 4 is 64.3 Å². The minimum atomic E-state index is -0.500. The third-order valence-corrected chi connectivity index (χ3v) is 2.13. The molecule has 0 aliphatic heterocycles. The van der Waals surface area contributed by atoms with Crippen LogP contribution in [0.2, 0.25) is 0 Å². The number of hydrogen-bond donors (Lipinski definition) is 3. The van der Waals surface area contributed by atoms with Gasteiger partial charge in [0.2, 0.25) is 0 Å². The van der Waals surface area contributed by atoms with Gasteiger partial charge in [-0.15, -0.1) is 0 Å². The number of nitrogens with two attached hydrogens (primary N) is 1. The van der Waals surface area contributed by atoms with Crippen molar-refractivity contribution in [1.82, 2.24) is 4.90 Å². The molecule has 0 fully saturated rings. The Kier molecular flexibility index (Phi) is 12.9. The second-order valence-electron chi connectivity index (χ2n) is 3.12. The van der Waals surface area contributed by atoms with Gasteiger partial charge in [-0.25, -0.2) is 0 Å². The van der Waals surface area contributed by atoms with Crippen molar-refractivity contribution in [3.63, 3.8) is 0 Å². The van der Waals surface area contributed by atoms with Crippen LogP contribution >= 0.6 is 24.4 Å². The van der Waals surface area contributed by atoms with Gasteiger partial charge >= 0.3 is 29.6 Å².